The minimum absolute atomic E-state index is 0.224. The number of hydrogen-bond donors (Lipinski definition) is 0. The summed E-state index contributed by atoms with van der Waals surface area (Å²) in [6, 6.07) is 6.54. The summed E-state index contributed by atoms with van der Waals surface area (Å²) < 4.78 is 18.0. The molecule has 4 heteroatoms. The van der Waals surface area contributed by atoms with Crippen LogP contribution in [0.1, 0.15) is 23.2 Å². The highest BCUT2D eigenvalue weighted by molar-refractivity contribution is 6.09. The number of ether oxygens (including phenoxy) is 1. The van der Waals surface area contributed by atoms with Crippen LogP contribution in [0, 0.1) is 5.92 Å². The van der Waals surface area contributed by atoms with Gasteiger partial charge in [0.1, 0.15) is 24.3 Å². The lowest BCUT2D eigenvalue weighted by Crippen LogP contribution is -2.11. The number of ketones is 2. The average molecular weight is 262 g/mol. The molecule has 1 saturated carbocycles. The summed E-state index contributed by atoms with van der Waals surface area (Å²) in [6.45, 7) is 3.93. The molecule has 0 radical (unpaired) electrons. The summed E-state index contributed by atoms with van der Waals surface area (Å²) in [5.41, 5.74) is 0.440. The molecule has 0 unspecified atom stereocenters. The molecule has 19 heavy (non-hydrogen) atoms. The van der Waals surface area contributed by atoms with Crippen LogP contribution in [0.25, 0.3) is 0 Å². The standard InChI is InChI=1S/C15H15FO3/c1-2-7-19-11-5-3-10(4-6-11)14(17)9-15(18)12-8-13(12)16/h2-6,12-13H,1,7-9H2/t12-,13-/m1/s1. The predicted octanol–water partition coefficient (Wildman–Crippen LogP) is 2.75. The van der Waals surface area contributed by atoms with Crippen LogP contribution in [0.2, 0.25) is 0 Å². The number of hydrogen-bond acceptors (Lipinski definition) is 3. The van der Waals surface area contributed by atoms with Gasteiger partial charge in [0.25, 0.3) is 0 Å². The molecule has 0 aliphatic heterocycles. The second kappa shape index (κ2) is 5.78. The maximum absolute atomic E-state index is 12.7. The van der Waals surface area contributed by atoms with Crippen molar-refractivity contribution in [2.24, 2.45) is 5.92 Å². The van der Waals surface area contributed by atoms with Crippen LogP contribution in [0.4, 0.5) is 4.39 Å². The molecular weight excluding hydrogens is 247 g/mol. The van der Waals surface area contributed by atoms with Crippen LogP contribution < -0.4 is 4.74 Å². The molecule has 100 valence electrons. The van der Waals surface area contributed by atoms with Crippen molar-refractivity contribution in [1.82, 2.24) is 0 Å². The van der Waals surface area contributed by atoms with Crippen molar-refractivity contribution in [2.75, 3.05) is 6.61 Å². The van der Waals surface area contributed by atoms with Crippen molar-refractivity contribution in [2.45, 2.75) is 19.0 Å². The van der Waals surface area contributed by atoms with E-state index in [9.17, 15) is 14.0 Å². The number of Topliss-reactive ketones (excluding diaryl/α,β-unsaturated/α-hetero) is 2. The Morgan fingerprint density at radius 3 is 2.53 bits per heavy atom. The lowest BCUT2D eigenvalue weighted by molar-refractivity contribution is -0.119. The molecule has 0 saturated heterocycles. The highest BCUT2D eigenvalue weighted by Crippen LogP contribution is 2.35. The Balaban J connectivity index is 1.91. The van der Waals surface area contributed by atoms with E-state index in [1.165, 1.54) is 0 Å². The van der Waals surface area contributed by atoms with E-state index in [2.05, 4.69) is 6.58 Å². The molecule has 0 spiro atoms. The van der Waals surface area contributed by atoms with Gasteiger partial charge in [0.05, 0.1) is 12.3 Å². The fourth-order valence-electron chi connectivity index (χ4n) is 1.78. The smallest absolute Gasteiger partial charge is 0.170 e. The molecule has 0 heterocycles. The highest BCUT2D eigenvalue weighted by Gasteiger charge is 2.43. The van der Waals surface area contributed by atoms with Crippen molar-refractivity contribution in [3.05, 3.63) is 42.5 Å². The normalized spacial score (nSPS) is 20.7. The summed E-state index contributed by atoms with van der Waals surface area (Å²) in [5.74, 6) is -0.503. The minimum Gasteiger partial charge on any atom is -0.490 e. The number of carbonyl (C=O) groups excluding carboxylic acids is 2. The van der Waals surface area contributed by atoms with Gasteiger partial charge < -0.3 is 4.74 Å². The summed E-state index contributed by atoms with van der Waals surface area (Å²) in [7, 11) is 0. The molecule has 0 bridgehead atoms. The van der Waals surface area contributed by atoms with E-state index in [0.717, 1.165) is 0 Å². The van der Waals surface area contributed by atoms with Gasteiger partial charge in [0, 0.05) is 5.56 Å². The van der Waals surface area contributed by atoms with Crippen LogP contribution in [0.5, 0.6) is 5.75 Å². The fourth-order valence-corrected chi connectivity index (χ4v) is 1.78. The fraction of sp³-hybridized carbons (Fsp3) is 0.333. The zero-order chi connectivity index (χ0) is 13.8. The monoisotopic (exact) mass is 262 g/mol. The van der Waals surface area contributed by atoms with E-state index < -0.39 is 12.1 Å². The highest BCUT2D eigenvalue weighted by atomic mass is 19.1. The van der Waals surface area contributed by atoms with Gasteiger partial charge >= 0.3 is 0 Å². The molecule has 2 rings (SSSR count). The van der Waals surface area contributed by atoms with Crippen molar-refractivity contribution in [1.29, 1.82) is 0 Å². The first-order valence-corrected chi connectivity index (χ1v) is 6.15. The Morgan fingerprint density at radius 2 is 2.00 bits per heavy atom. The zero-order valence-corrected chi connectivity index (χ0v) is 10.5. The molecule has 1 aromatic rings. The summed E-state index contributed by atoms with van der Waals surface area (Å²) in [4.78, 5) is 23.3. The largest absolute Gasteiger partial charge is 0.490 e. The molecule has 2 atom stereocenters. The SMILES string of the molecule is C=CCOc1ccc(C(=O)CC(=O)[C@@H]2C[C@H]2F)cc1. The van der Waals surface area contributed by atoms with Crippen LogP contribution >= 0.6 is 0 Å². The van der Waals surface area contributed by atoms with E-state index in [0.29, 0.717) is 17.9 Å². The van der Waals surface area contributed by atoms with Crippen LogP contribution in [0.15, 0.2) is 36.9 Å². The number of halogens is 1. The molecule has 0 N–H and O–H groups in total. The quantitative estimate of drug-likeness (QED) is 0.431. The van der Waals surface area contributed by atoms with E-state index in [1.807, 2.05) is 0 Å². The Kier molecular flexibility index (Phi) is 4.10. The molecular formula is C15H15FO3. The minimum atomic E-state index is -1.05. The number of carbonyl (C=O) groups is 2. The summed E-state index contributed by atoms with van der Waals surface area (Å²) >= 11 is 0. The number of rotatable bonds is 7. The van der Waals surface area contributed by atoms with E-state index in [1.54, 1.807) is 30.3 Å². The van der Waals surface area contributed by atoms with Gasteiger partial charge in [0.15, 0.2) is 5.78 Å². The first-order chi connectivity index (χ1) is 9.11. The Morgan fingerprint density at radius 1 is 1.37 bits per heavy atom. The van der Waals surface area contributed by atoms with Gasteiger partial charge in [-0.15, -0.1) is 0 Å². The lowest BCUT2D eigenvalue weighted by atomic mass is 10.0. The first kappa shape index (κ1) is 13.5. The second-order valence-corrected chi connectivity index (χ2v) is 4.55. The van der Waals surface area contributed by atoms with Gasteiger partial charge in [-0.05, 0) is 30.7 Å². The number of benzene rings is 1. The molecule has 0 aromatic heterocycles. The molecule has 0 amide bonds. The third-order valence-corrected chi connectivity index (χ3v) is 3.01. The van der Waals surface area contributed by atoms with Gasteiger partial charge in [-0.3, -0.25) is 9.59 Å². The second-order valence-electron chi connectivity index (χ2n) is 4.55. The predicted molar refractivity (Wildman–Crippen MR) is 69.1 cm³/mol. The first-order valence-electron chi connectivity index (χ1n) is 6.15. The van der Waals surface area contributed by atoms with Gasteiger partial charge in [-0.2, -0.15) is 0 Å². The molecule has 3 nitrogen and oxygen atoms in total. The van der Waals surface area contributed by atoms with Crippen LogP contribution in [-0.2, 0) is 4.79 Å². The summed E-state index contributed by atoms with van der Waals surface area (Å²) in [6.07, 6.45) is 0.619. The van der Waals surface area contributed by atoms with Gasteiger partial charge in [0.2, 0.25) is 0 Å². The zero-order valence-electron chi connectivity index (χ0n) is 10.5. The molecule has 1 fully saturated rings. The lowest BCUT2D eigenvalue weighted by Gasteiger charge is -2.04. The van der Waals surface area contributed by atoms with Crippen molar-refractivity contribution < 1.29 is 18.7 Å². The van der Waals surface area contributed by atoms with E-state index in [4.69, 9.17) is 4.74 Å². The van der Waals surface area contributed by atoms with Crippen molar-refractivity contribution >= 4 is 11.6 Å². The third-order valence-electron chi connectivity index (χ3n) is 3.01. The molecule has 1 aliphatic rings. The van der Waals surface area contributed by atoms with Crippen LogP contribution in [-0.4, -0.2) is 24.3 Å². The summed E-state index contributed by atoms with van der Waals surface area (Å²) in [5, 5.41) is 0. The molecule has 1 aromatic carbocycles. The van der Waals surface area contributed by atoms with Crippen LogP contribution in [0.3, 0.4) is 0 Å². The third kappa shape index (κ3) is 3.50. The van der Waals surface area contributed by atoms with E-state index in [-0.39, 0.29) is 24.4 Å². The topological polar surface area (TPSA) is 43.4 Å². The number of alkyl halides is 1. The maximum Gasteiger partial charge on any atom is 0.170 e. The van der Waals surface area contributed by atoms with Crippen molar-refractivity contribution in [3.8, 4) is 5.75 Å². The Hall–Kier alpha value is -1.97. The van der Waals surface area contributed by atoms with Gasteiger partial charge in [-0.1, -0.05) is 12.7 Å². The van der Waals surface area contributed by atoms with Gasteiger partial charge in [-0.25, -0.2) is 4.39 Å². The molecule has 1 aliphatic carbocycles. The Bertz CT molecular complexity index is 493. The maximum atomic E-state index is 12.7. The van der Waals surface area contributed by atoms with E-state index >= 15 is 0 Å². The van der Waals surface area contributed by atoms with Crippen molar-refractivity contribution in [3.63, 3.8) is 0 Å². The average Bonchev–Trinajstić information content (AvgIpc) is 3.14. The Labute approximate surface area is 111 Å².